The van der Waals surface area contributed by atoms with Crippen LogP contribution in [0.25, 0.3) is 17.0 Å². The zero-order valence-corrected chi connectivity index (χ0v) is 9.15. The van der Waals surface area contributed by atoms with Crippen LogP contribution >= 0.6 is 0 Å². The number of aryl methyl sites for hydroxylation is 1. The highest BCUT2D eigenvalue weighted by molar-refractivity contribution is 5.89. The first kappa shape index (κ1) is 10.4. The summed E-state index contributed by atoms with van der Waals surface area (Å²) in [6.07, 6.45) is 4.91. The Morgan fingerprint density at radius 1 is 1.50 bits per heavy atom. The second kappa shape index (κ2) is 4.18. The van der Waals surface area contributed by atoms with Crippen LogP contribution in [0, 0.1) is 6.92 Å². The summed E-state index contributed by atoms with van der Waals surface area (Å²) in [5, 5.41) is 7.88. The first-order valence-corrected chi connectivity index (χ1v) is 4.90. The molecular weight excluding hydrogens is 204 g/mol. The first-order chi connectivity index (χ1) is 7.70. The molecule has 4 heteroatoms. The number of fused-ring (bicyclic) bond motifs is 1. The lowest BCUT2D eigenvalue weighted by Crippen LogP contribution is -1.93. The van der Waals surface area contributed by atoms with E-state index >= 15 is 0 Å². The number of methoxy groups -OCH3 is 1. The Morgan fingerprint density at radius 2 is 2.31 bits per heavy atom. The van der Waals surface area contributed by atoms with Crippen molar-refractivity contribution < 1.29 is 9.53 Å². The molecule has 0 saturated carbocycles. The van der Waals surface area contributed by atoms with E-state index in [4.69, 9.17) is 0 Å². The second-order valence-corrected chi connectivity index (χ2v) is 3.52. The van der Waals surface area contributed by atoms with E-state index in [2.05, 4.69) is 14.9 Å². The Morgan fingerprint density at radius 3 is 3.06 bits per heavy atom. The molecule has 0 fully saturated rings. The number of aromatic nitrogens is 2. The summed E-state index contributed by atoms with van der Waals surface area (Å²) in [7, 11) is 1.36. The molecule has 0 spiro atoms. The fourth-order valence-electron chi connectivity index (χ4n) is 1.52. The minimum Gasteiger partial charge on any atom is -0.466 e. The maximum atomic E-state index is 11.0. The third-order valence-corrected chi connectivity index (χ3v) is 2.43. The largest absolute Gasteiger partial charge is 0.466 e. The SMILES string of the molecule is COC(=O)C=Cc1cc2cn[nH]c2cc1C. The zero-order chi connectivity index (χ0) is 11.5. The Labute approximate surface area is 92.9 Å². The number of aromatic amines is 1. The molecule has 4 nitrogen and oxygen atoms in total. The van der Waals surface area contributed by atoms with Crippen molar-refractivity contribution in [1.29, 1.82) is 0 Å². The number of ether oxygens (including phenoxy) is 1. The van der Waals surface area contributed by atoms with Gasteiger partial charge in [-0.3, -0.25) is 5.10 Å². The zero-order valence-electron chi connectivity index (χ0n) is 9.15. The highest BCUT2D eigenvalue weighted by atomic mass is 16.5. The normalized spacial score (nSPS) is 11.1. The van der Waals surface area contributed by atoms with Crippen molar-refractivity contribution >= 4 is 22.9 Å². The predicted octanol–water partition coefficient (Wildman–Crippen LogP) is 2.06. The van der Waals surface area contributed by atoms with Gasteiger partial charge < -0.3 is 4.74 Å². The van der Waals surface area contributed by atoms with Crippen LogP contribution < -0.4 is 0 Å². The van der Waals surface area contributed by atoms with Crippen LogP contribution in [-0.2, 0) is 9.53 Å². The number of H-pyrrole nitrogens is 1. The van der Waals surface area contributed by atoms with E-state index in [1.165, 1.54) is 13.2 Å². The molecule has 0 amide bonds. The molecule has 82 valence electrons. The van der Waals surface area contributed by atoms with Crippen molar-refractivity contribution in [2.75, 3.05) is 7.11 Å². The van der Waals surface area contributed by atoms with Gasteiger partial charge in [0, 0.05) is 11.5 Å². The van der Waals surface area contributed by atoms with E-state index in [-0.39, 0.29) is 5.97 Å². The molecule has 0 unspecified atom stereocenters. The summed E-state index contributed by atoms with van der Waals surface area (Å²) in [4.78, 5) is 11.0. The van der Waals surface area contributed by atoms with Gasteiger partial charge in [0.25, 0.3) is 0 Å². The van der Waals surface area contributed by atoms with Crippen LogP contribution in [0.2, 0.25) is 0 Å². The molecule has 2 aromatic rings. The Balaban J connectivity index is 2.40. The second-order valence-electron chi connectivity index (χ2n) is 3.52. The maximum absolute atomic E-state index is 11.0. The van der Waals surface area contributed by atoms with Crippen molar-refractivity contribution in [2.24, 2.45) is 0 Å². The number of hydrogen-bond acceptors (Lipinski definition) is 3. The van der Waals surface area contributed by atoms with Crippen LogP contribution in [-0.4, -0.2) is 23.3 Å². The average molecular weight is 216 g/mol. The molecule has 0 aliphatic rings. The van der Waals surface area contributed by atoms with Gasteiger partial charge in [-0.25, -0.2) is 4.79 Å². The summed E-state index contributed by atoms with van der Waals surface area (Å²) in [5.41, 5.74) is 3.06. The summed E-state index contributed by atoms with van der Waals surface area (Å²) in [6.45, 7) is 1.98. The van der Waals surface area contributed by atoms with Crippen LogP contribution in [0.15, 0.2) is 24.4 Å². The molecule has 2 rings (SSSR count). The summed E-state index contributed by atoms with van der Waals surface area (Å²) in [5.74, 6) is -0.355. The molecule has 0 bridgehead atoms. The lowest BCUT2D eigenvalue weighted by atomic mass is 10.1. The molecule has 1 N–H and O–H groups in total. The number of rotatable bonds is 2. The van der Waals surface area contributed by atoms with Gasteiger partial charge in [-0.1, -0.05) is 0 Å². The number of carbonyl (C=O) groups excluding carboxylic acids is 1. The third kappa shape index (κ3) is 1.95. The monoisotopic (exact) mass is 216 g/mol. The van der Waals surface area contributed by atoms with Crippen molar-refractivity contribution in [3.63, 3.8) is 0 Å². The molecular formula is C12H12N2O2. The van der Waals surface area contributed by atoms with Crippen LogP contribution in [0.4, 0.5) is 0 Å². The number of nitrogens with zero attached hydrogens (tertiary/aromatic N) is 1. The van der Waals surface area contributed by atoms with E-state index < -0.39 is 0 Å². The van der Waals surface area contributed by atoms with Gasteiger partial charge in [0.2, 0.25) is 0 Å². The molecule has 1 heterocycles. The molecule has 0 aliphatic carbocycles. The Kier molecular flexibility index (Phi) is 2.72. The summed E-state index contributed by atoms with van der Waals surface area (Å²) in [6, 6.07) is 3.98. The number of benzene rings is 1. The van der Waals surface area contributed by atoms with Crippen LogP contribution in [0.3, 0.4) is 0 Å². The Hall–Kier alpha value is -2.10. The van der Waals surface area contributed by atoms with Gasteiger partial charge >= 0.3 is 5.97 Å². The highest BCUT2D eigenvalue weighted by Gasteiger charge is 2.01. The van der Waals surface area contributed by atoms with Gasteiger partial charge in [0.15, 0.2) is 0 Å². The number of esters is 1. The average Bonchev–Trinajstić information content (AvgIpc) is 2.72. The number of hydrogen-bond donors (Lipinski definition) is 1. The van der Waals surface area contributed by atoms with Crippen molar-refractivity contribution in [3.8, 4) is 0 Å². The smallest absolute Gasteiger partial charge is 0.330 e. The molecule has 1 aromatic heterocycles. The molecule has 0 radical (unpaired) electrons. The van der Waals surface area contributed by atoms with Crippen molar-refractivity contribution in [1.82, 2.24) is 10.2 Å². The summed E-state index contributed by atoms with van der Waals surface area (Å²) >= 11 is 0. The summed E-state index contributed by atoms with van der Waals surface area (Å²) < 4.78 is 4.54. The van der Waals surface area contributed by atoms with E-state index in [0.717, 1.165) is 22.0 Å². The van der Waals surface area contributed by atoms with Gasteiger partial charge in [-0.15, -0.1) is 0 Å². The van der Waals surface area contributed by atoms with E-state index in [1.54, 1.807) is 12.3 Å². The third-order valence-electron chi connectivity index (χ3n) is 2.43. The van der Waals surface area contributed by atoms with Gasteiger partial charge in [0.05, 0.1) is 18.8 Å². The lowest BCUT2D eigenvalue weighted by molar-refractivity contribution is -0.134. The molecule has 0 saturated heterocycles. The number of carbonyl (C=O) groups is 1. The highest BCUT2D eigenvalue weighted by Crippen LogP contribution is 2.18. The molecule has 16 heavy (non-hydrogen) atoms. The van der Waals surface area contributed by atoms with E-state index in [9.17, 15) is 4.79 Å². The first-order valence-electron chi connectivity index (χ1n) is 4.90. The van der Waals surface area contributed by atoms with Crippen LogP contribution in [0.5, 0.6) is 0 Å². The van der Waals surface area contributed by atoms with Crippen molar-refractivity contribution in [2.45, 2.75) is 6.92 Å². The van der Waals surface area contributed by atoms with Gasteiger partial charge in [0.1, 0.15) is 0 Å². The van der Waals surface area contributed by atoms with E-state index in [0.29, 0.717) is 0 Å². The fourth-order valence-corrected chi connectivity index (χ4v) is 1.52. The lowest BCUT2D eigenvalue weighted by Gasteiger charge is -2.00. The number of nitrogens with one attached hydrogen (secondary N) is 1. The molecule has 0 aliphatic heterocycles. The Bertz CT molecular complexity index is 555. The van der Waals surface area contributed by atoms with Gasteiger partial charge in [-0.05, 0) is 36.3 Å². The van der Waals surface area contributed by atoms with Crippen molar-refractivity contribution in [3.05, 3.63) is 35.5 Å². The molecule has 0 atom stereocenters. The van der Waals surface area contributed by atoms with Crippen LogP contribution in [0.1, 0.15) is 11.1 Å². The predicted molar refractivity (Wildman–Crippen MR) is 61.9 cm³/mol. The minimum absolute atomic E-state index is 0.355. The van der Waals surface area contributed by atoms with E-state index in [1.807, 2.05) is 19.1 Å². The minimum atomic E-state index is -0.355. The molecule has 1 aromatic carbocycles. The fraction of sp³-hybridized carbons (Fsp3) is 0.167. The maximum Gasteiger partial charge on any atom is 0.330 e. The topological polar surface area (TPSA) is 55.0 Å². The standard InChI is InChI=1S/C12H12N2O2/c1-8-5-11-10(7-13-14-11)6-9(8)3-4-12(15)16-2/h3-7H,1-2H3,(H,13,14). The van der Waals surface area contributed by atoms with Gasteiger partial charge in [-0.2, -0.15) is 5.10 Å². The quantitative estimate of drug-likeness (QED) is 0.617.